The number of hydrogen-bond acceptors (Lipinski definition) is 7. The summed E-state index contributed by atoms with van der Waals surface area (Å²) in [6.07, 6.45) is 2.51. The molecule has 37 heavy (non-hydrogen) atoms. The first-order valence-electron chi connectivity index (χ1n) is 11.9. The van der Waals surface area contributed by atoms with E-state index in [2.05, 4.69) is 30.7 Å². The lowest BCUT2D eigenvalue weighted by Crippen LogP contribution is -2.38. The summed E-state index contributed by atoms with van der Waals surface area (Å²) in [6.45, 7) is 4.45. The largest absolute Gasteiger partial charge is 0.378 e. The number of aryl methyl sites for hydroxylation is 1. The van der Waals surface area contributed by atoms with Crippen LogP contribution in [0.4, 0.5) is 24.5 Å². The Morgan fingerprint density at radius 3 is 2.73 bits per heavy atom. The molecule has 1 N–H and O–H groups in total. The van der Waals surface area contributed by atoms with Crippen LogP contribution >= 0.6 is 0 Å². The van der Waals surface area contributed by atoms with Crippen LogP contribution < -0.4 is 10.2 Å². The van der Waals surface area contributed by atoms with Gasteiger partial charge in [0.05, 0.1) is 42.1 Å². The minimum absolute atomic E-state index is 0.00713. The van der Waals surface area contributed by atoms with Crippen molar-refractivity contribution >= 4 is 22.8 Å². The number of benzene rings is 1. The maximum Gasteiger partial charge on any atom is 0.259 e. The molecule has 10 nitrogen and oxygen atoms in total. The second kappa shape index (κ2) is 8.83. The zero-order valence-corrected chi connectivity index (χ0v) is 19.9. The van der Waals surface area contributed by atoms with Crippen LogP contribution in [0, 0.1) is 12.7 Å². The van der Waals surface area contributed by atoms with Crippen LogP contribution in [-0.2, 0) is 4.74 Å². The summed E-state index contributed by atoms with van der Waals surface area (Å²) < 4.78 is 48.3. The molecular weight excluding hydrogens is 489 g/mol. The SMILES string of the molecule is Cc1cc(F)c(-c2nnn(C3CC(F)(F)C3)n2)cc1NC(=O)c1cnn2ccc(N3CCOCC3)cc12. The van der Waals surface area contributed by atoms with Gasteiger partial charge >= 0.3 is 0 Å². The summed E-state index contributed by atoms with van der Waals surface area (Å²) >= 11 is 0. The number of ether oxygens (including phenoxy) is 1. The summed E-state index contributed by atoms with van der Waals surface area (Å²) in [6, 6.07) is 5.94. The summed E-state index contributed by atoms with van der Waals surface area (Å²) in [4.78, 5) is 16.5. The van der Waals surface area contributed by atoms with Gasteiger partial charge in [-0.1, -0.05) is 0 Å². The number of alkyl halides is 2. The summed E-state index contributed by atoms with van der Waals surface area (Å²) in [5, 5.41) is 18.9. The maximum absolute atomic E-state index is 14.8. The van der Waals surface area contributed by atoms with Crippen LogP contribution in [0.3, 0.4) is 0 Å². The fourth-order valence-corrected chi connectivity index (χ4v) is 4.61. The number of nitrogens with one attached hydrogen (secondary N) is 1. The third kappa shape index (κ3) is 4.39. The molecule has 1 aliphatic heterocycles. The Morgan fingerprint density at radius 1 is 1.19 bits per heavy atom. The second-order valence-electron chi connectivity index (χ2n) is 9.32. The predicted molar refractivity (Wildman–Crippen MR) is 127 cm³/mol. The molecule has 13 heteroatoms. The Labute approximate surface area is 209 Å². The zero-order chi connectivity index (χ0) is 25.7. The van der Waals surface area contributed by atoms with Gasteiger partial charge in [0, 0.05) is 43.5 Å². The number of morpholine rings is 1. The number of pyridine rings is 1. The van der Waals surface area contributed by atoms with E-state index in [1.165, 1.54) is 18.3 Å². The molecule has 1 aliphatic carbocycles. The smallest absolute Gasteiger partial charge is 0.259 e. The van der Waals surface area contributed by atoms with Crippen molar-refractivity contribution in [3.8, 4) is 11.4 Å². The Kier molecular flexibility index (Phi) is 5.59. The van der Waals surface area contributed by atoms with Crippen molar-refractivity contribution in [2.24, 2.45) is 0 Å². The van der Waals surface area contributed by atoms with Gasteiger partial charge in [-0.05, 0) is 42.0 Å². The lowest BCUT2D eigenvalue weighted by Gasteiger charge is -2.33. The number of hydrogen-bond donors (Lipinski definition) is 1. The Bertz CT molecular complexity index is 1490. The van der Waals surface area contributed by atoms with Gasteiger partial charge in [0.25, 0.3) is 11.8 Å². The number of carbonyl (C=O) groups is 1. The first kappa shape index (κ1) is 23.4. The molecule has 6 rings (SSSR count). The molecule has 192 valence electrons. The molecule has 0 spiro atoms. The average Bonchev–Trinajstić information content (AvgIpc) is 3.52. The van der Waals surface area contributed by atoms with Gasteiger partial charge in [-0.3, -0.25) is 4.79 Å². The average molecular weight is 512 g/mol. The fraction of sp³-hybridized carbons (Fsp3) is 0.375. The predicted octanol–water partition coefficient (Wildman–Crippen LogP) is 3.49. The summed E-state index contributed by atoms with van der Waals surface area (Å²) in [7, 11) is 0. The van der Waals surface area contributed by atoms with E-state index in [-0.39, 0.29) is 24.2 Å². The zero-order valence-electron chi connectivity index (χ0n) is 19.9. The van der Waals surface area contributed by atoms with Gasteiger partial charge in [0.1, 0.15) is 5.82 Å². The van der Waals surface area contributed by atoms with Gasteiger partial charge in [0.2, 0.25) is 5.82 Å². The molecule has 2 fully saturated rings. The van der Waals surface area contributed by atoms with E-state index in [9.17, 15) is 18.0 Å². The Morgan fingerprint density at radius 2 is 1.97 bits per heavy atom. The highest BCUT2D eigenvalue weighted by Gasteiger charge is 2.47. The number of amides is 1. The van der Waals surface area contributed by atoms with E-state index in [1.54, 1.807) is 17.6 Å². The number of fused-ring (bicyclic) bond motifs is 1. The molecule has 2 aliphatic rings. The van der Waals surface area contributed by atoms with Crippen LogP contribution in [-0.4, -0.2) is 68.0 Å². The first-order chi connectivity index (χ1) is 17.8. The Balaban J connectivity index is 1.26. The van der Waals surface area contributed by atoms with Gasteiger partial charge in [0.15, 0.2) is 0 Å². The normalized spacial score (nSPS) is 17.7. The van der Waals surface area contributed by atoms with Gasteiger partial charge in [-0.15, -0.1) is 10.2 Å². The van der Waals surface area contributed by atoms with Gasteiger partial charge in [-0.2, -0.15) is 9.90 Å². The fourth-order valence-electron chi connectivity index (χ4n) is 4.61. The molecule has 1 amide bonds. The molecule has 0 radical (unpaired) electrons. The molecule has 1 aromatic carbocycles. The molecule has 0 atom stereocenters. The highest BCUT2D eigenvalue weighted by Crippen LogP contribution is 2.44. The molecule has 1 saturated heterocycles. The molecule has 0 bridgehead atoms. The van der Waals surface area contributed by atoms with E-state index in [0.29, 0.717) is 35.5 Å². The van der Waals surface area contributed by atoms with Crippen molar-refractivity contribution in [3.63, 3.8) is 0 Å². The van der Waals surface area contributed by atoms with Gasteiger partial charge < -0.3 is 15.0 Å². The first-order valence-corrected chi connectivity index (χ1v) is 11.9. The van der Waals surface area contributed by atoms with E-state index in [4.69, 9.17) is 4.74 Å². The van der Waals surface area contributed by atoms with Crippen LogP contribution in [0.15, 0.2) is 36.7 Å². The van der Waals surface area contributed by atoms with E-state index in [0.717, 1.165) is 23.6 Å². The number of aromatic nitrogens is 6. The minimum Gasteiger partial charge on any atom is -0.378 e. The molecule has 1 saturated carbocycles. The van der Waals surface area contributed by atoms with Crippen LogP contribution in [0.5, 0.6) is 0 Å². The highest BCUT2D eigenvalue weighted by molar-refractivity contribution is 6.09. The molecule has 0 unspecified atom stereocenters. The number of carbonyl (C=O) groups excluding carboxylic acids is 1. The number of anilines is 2. The number of tetrazole rings is 1. The van der Waals surface area contributed by atoms with E-state index >= 15 is 0 Å². The lowest BCUT2D eigenvalue weighted by molar-refractivity contribution is -0.110. The van der Waals surface area contributed by atoms with Crippen molar-refractivity contribution in [2.75, 3.05) is 36.5 Å². The highest BCUT2D eigenvalue weighted by atomic mass is 19.3. The minimum atomic E-state index is -2.74. The van der Waals surface area contributed by atoms with Crippen LogP contribution in [0.2, 0.25) is 0 Å². The molecule has 3 aromatic heterocycles. The monoisotopic (exact) mass is 512 g/mol. The lowest BCUT2D eigenvalue weighted by atomic mass is 9.89. The van der Waals surface area contributed by atoms with Crippen LogP contribution in [0.1, 0.15) is 34.8 Å². The topological polar surface area (TPSA) is 102 Å². The third-order valence-electron chi connectivity index (χ3n) is 6.75. The standard InChI is InChI=1S/C24H23F3N8O2/c1-14-8-19(25)17(22-30-32-35(31-22)16-11-24(26,27)12-16)10-20(14)29-23(36)18-13-28-34-3-2-15(9-21(18)34)33-4-6-37-7-5-33/h2-3,8-10,13,16H,4-7,11-12H2,1H3,(H,29,36). The Hall–Kier alpha value is -4.00. The van der Waals surface area contributed by atoms with Crippen molar-refractivity contribution < 1.29 is 22.7 Å². The second-order valence-corrected chi connectivity index (χ2v) is 9.32. The van der Waals surface area contributed by atoms with Crippen molar-refractivity contribution in [2.45, 2.75) is 31.7 Å². The molecular formula is C24H23F3N8O2. The van der Waals surface area contributed by atoms with Crippen molar-refractivity contribution in [1.82, 2.24) is 29.8 Å². The van der Waals surface area contributed by atoms with Crippen molar-refractivity contribution in [1.29, 1.82) is 0 Å². The molecule has 4 heterocycles. The van der Waals surface area contributed by atoms with Gasteiger partial charge in [-0.25, -0.2) is 17.7 Å². The van der Waals surface area contributed by atoms with E-state index < -0.39 is 23.7 Å². The number of nitrogens with zero attached hydrogens (tertiary/aromatic N) is 7. The summed E-state index contributed by atoms with van der Waals surface area (Å²) in [5.41, 5.74) is 2.80. The maximum atomic E-state index is 14.8. The van der Waals surface area contributed by atoms with Crippen LogP contribution in [0.25, 0.3) is 16.9 Å². The third-order valence-corrected chi connectivity index (χ3v) is 6.75. The quantitative estimate of drug-likeness (QED) is 0.437. The number of rotatable bonds is 5. The molecule has 4 aromatic rings. The summed E-state index contributed by atoms with van der Waals surface area (Å²) in [5.74, 6) is -3.82. The number of halogens is 3. The van der Waals surface area contributed by atoms with Crippen molar-refractivity contribution in [3.05, 3.63) is 53.6 Å². The van der Waals surface area contributed by atoms with E-state index in [1.807, 2.05) is 12.1 Å².